The summed E-state index contributed by atoms with van der Waals surface area (Å²) in [4.78, 5) is 16.2. The van der Waals surface area contributed by atoms with Crippen molar-refractivity contribution in [1.29, 1.82) is 0 Å². The lowest BCUT2D eigenvalue weighted by molar-refractivity contribution is -0.114. The molecule has 3 rings (SSSR count). The molecular weight excluding hydrogens is 416 g/mol. The molecular formula is C25H32N6O2. The molecule has 0 atom stereocenters. The molecule has 0 bridgehead atoms. The Kier molecular flexibility index (Phi) is 8.07. The lowest BCUT2D eigenvalue weighted by Gasteiger charge is -2.15. The van der Waals surface area contributed by atoms with E-state index >= 15 is 0 Å². The van der Waals surface area contributed by atoms with Gasteiger partial charge in [0.1, 0.15) is 5.75 Å². The van der Waals surface area contributed by atoms with Crippen LogP contribution in [-0.4, -0.2) is 35.3 Å². The summed E-state index contributed by atoms with van der Waals surface area (Å²) in [7, 11) is 1.58. The first-order valence-electron chi connectivity index (χ1n) is 11.0. The highest BCUT2D eigenvalue weighted by Gasteiger charge is 2.10. The molecule has 1 heterocycles. The number of benzene rings is 2. The Hall–Kier alpha value is -3.81. The van der Waals surface area contributed by atoms with Crippen LogP contribution in [0.1, 0.15) is 36.4 Å². The molecule has 0 fully saturated rings. The van der Waals surface area contributed by atoms with E-state index in [0.717, 1.165) is 34.7 Å². The maximum atomic E-state index is 11.5. The van der Waals surface area contributed by atoms with E-state index in [4.69, 9.17) is 9.73 Å². The molecule has 1 amide bonds. The number of ether oxygens (including phenoxy) is 1. The zero-order valence-electron chi connectivity index (χ0n) is 19.9. The van der Waals surface area contributed by atoms with Gasteiger partial charge < -0.3 is 20.7 Å². The van der Waals surface area contributed by atoms with Gasteiger partial charge in [-0.3, -0.25) is 4.79 Å². The molecule has 0 aliphatic rings. The van der Waals surface area contributed by atoms with Gasteiger partial charge in [0.05, 0.1) is 30.7 Å². The van der Waals surface area contributed by atoms with Crippen molar-refractivity contribution < 1.29 is 9.53 Å². The van der Waals surface area contributed by atoms with E-state index in [0.29, 0.717) is 30.5 Å². The molecule has 8 nitrogen and oxygen atoms in total. The minimum Gasteiger partial charge on any atom is -0.495 e. The number of anilines is 1. The van der Waals surface area contributed by atoms with Crippen molar-refractivity contribution in [3.8, 4) is 11.4 Å². The van der Waals surface area contributed by atoms with Crippen LogP contribution >= 0.6 is 0 Å². The second-order valence-electron chi connectivity index (χ2n) is 7.73. The predicted octanol–water partition coefficient (Wildman–Crippen LogP) is 3.71. The largest absolute Gasteiger partial charge is 0.495 e. The van der Waals surface area contributed by atoms with Crippen LogP contribution in [0.15, 0.2) is 53.5 Å². The quantitative estimate of drug-likeness (QED) is 0.361. The highest BCUT2D eigenvalue weighted by atomic mass is 16.5. The molecule has 0 saturated carbocycles. The number of carbonyl (C=O) groups excluding carboxylic acids is 1. The summed E-state index contributed by atoms with van der Waals surface area (Å²) in [5, 5.41) is 14.1. The van der Waals surface area contributed by atoms with Crippen molar-refractivity contribution in [1.82, 2.24) is 20.4 Å². The number of aryl methyl sites for hydroxylation is 2. The molecule has 0 aliphatic heterocycles. The Morgan fingerprint density at radius 2 is 1.91 bits per heavy atom. The molecule has 0 unspecified atom stereocenters. The van der Waals surface area contributed by atoms with Crippen LogP contribution in [0.2, 0.25) is 0 Å². The molecule has 0 aliphatic carbocycles. The van der Waals surface area contributed by atoms with E-state index in [1.807, 2.05) is 48.9 Å². The molecule has 3 aromatic rings. The van der Waals surface area contributed by atoms with Crippen molar-refractivity contribution in [3.05, 3.63) is 71.0 Å². The van der Waals surface area contributed by atoms with Gasteiger partial charge >= 0.3 is 0 Å². The fourth-order valence-electron chi connectivity index (χ4n) is 3.57. The number of hydrogen-bond donors (Lipinski definition) is 3. The fourth-order valence-corrected chi connectivity index (χ4v) is 3.57. The second kappa shape index (κ2) is 11.2. The van der Waals surface area contributed by atoms with Crippen molar-refractivity contribution in [3.63, 3.8) is 0 Å². The molecule has 0 saturated heterocycles. The number of rotatable bonds is 8. The Balaban J connectivity index is 1.76. The highest BCUT2D eigenvalue weighted by Crippen LogP contribution is 2.25. The molecule has 8 heteroatoms. The molecule has 1 aromatic heterocycles. The van der Waals surface area contributed by atoms with Gasteiger partial charge in [0, 0.05) is 25.7 Å². The average molecular weight is 449 g/mol. The third-order valence-corrected chi connectivity index (χ3v) is 5.01. The van der Waals surface area contributed by atoms with E-state index < -0.39 is 0 Å². The lowest BCUT2D eigenvalue weighted by Crippen LogP contribution is -2.37. The van der Waals surface area contributed by atoms with E-state index in [2.05, 4.69) is 46.2 Å². The lowest BCUT2D eigenvalue weighted by atomic mass is 10.1. The number of methoxy groups -OCH3 is 1. The number of aromatic nitrogens is 2. The topological polar surface area (TPSA) is 92.6 Å². The van der Waals surface area contributed by atoms with E-state index in [9.17, 15) is 4.79 Å². The number of guanidine groups is 1. The molecule has 3 N–H and O–H groups in total. The maximum Gasteiger partial charge on any atom is 0.221 e. The first kappa shape index (κ1) is 23.8. The zero-order chi connectivity index (χ0) is 23.8. The van der Waals surface area contributed by atoms with E-state index in [1.165, 1.54) is 6.92 Å². The molecule has 174 valence electrons. The third kappa shape index (κ3) is 6.35. The van der Waals surface area contributed by atoms with E-state index in [1.54, 1.807) is 7.11 Å². The van der Waals surface area contributed by atoms with E-state index in [-0.39, 0.29) is 5.91 Å². The van der Waals surface area contributed by atoms with Crippen LogP contribution in [0.3, 0.4) is 0 Å². The summed E-state index contributed by atoms with van der Waals surface area (Å²) in [6.07, 6.45) is 0. The van der Waals surface area contributed by atoms with Crippen molar-refractivity contribution in [2.45, 2.75) is 40.8 Å². The SMILES string of the molecule is CCNC(=NCc1ccc(OC)c(NC(C)=O)c1)NCc1ccccc1-n1nc(C)cc1C. The Labute approximate surface area is 195 Å². The van der Waals surface area contributed by atoms with Gasteiger partial charge in [-0.1, -0.05) is 24.3 Å². The smallest absolute Gasteiger partial charge is 0.221 e. The fraction of sp³-hybridized carbons (Fsp3) is 0.320. The molecule has 0 radical (unpaired) electrons. The third-order valence-electron chi connectivity index (χ3n) is 5.01. The number of nitrogens with zero attached hydrogens (tertiary/aromatic N) is 3. The Bertz CT molecular complexity index is 1140. The van der Waals surface area contributed by atoms with Crippen LogP contribution < -0.4 is 20.7 Å². The minimum absolute atomic E-state index is 0.148. The van der Waals surface area contributed by atoms with Gasteiger partial charge in [-0.25, -0.2) is 9.67 Å². The second-order valence-corrected chi connectivity index (χ2v) is 7.73. The van der Waals surface area contributed by atoms with Gasteiger partial charge in [0.25, 0.3) is 0 Å². The summed E-state index contributed by atoms with van der Waals surface area (Å²) in [6, 6.07) is 15.9. The van der Waals surface area contributed by atoms with Crippen molar-refractivity contribution in [2.24, 2.45) is 4.99 Å². The molecule has 2 aromatic carbocycles. The van der Waals surface area contributed by atoms with Crippen LogP contribution in [-0.2, 0) is 17.9 Å². The number of hydrogen-bond acceptors (Lipinski definition) is 4. The van der Waals surface area contributed by atoms with Crippen LogP contribution in [0, 0.1) is 13.8 Å². The Morgan fingerprint density at radius 3 is 2.58 bits per heavy atom. The van der Waals surface area contributed by atoms with Crippen molar-refractivity contribution >= 4 is 17.6 Å². The van der Waals surface area contributed by atoms with Gasteiger partial charge in [0.2, 0.25) is 5.91 Å². The summed E-state index contributed by atoms with van der Waals surface area (Å²) in [5.41, 5.74) is 5.83. The maximum absolute atomic E-state index is 11.5. The van der Waals surface area contributed by atoms with Gasteiger partial charge in [-0.05, 0) is 56.2 Å². The zero-order valence-corrected chi connectivity index (χ0v) is 19.9. The number of amides is 1. The summed E-state index contributed by atoms with van der Waals surface area (Å²) < 4.78 is 7.30. The first-order valence-corrected chi connectivity index (χ1v) is 11.0. The van der Waals surface area contributed by atoms with Crippen LogP contribution in [0.4, 0.5) is 5.69 Å². The highest BCUT2D eigenvalue weighted by molar-refractivity contribution is 5.90. The monoisotopic (exact) mass is 448 g/mol. The predicted molar refractivity (Wildman–Crippen MR) is 132 cm³/mol. The summed E-state index contributed by atoms with van der Waals surface area (Å²) >= 11 is 0. The number of para-hydroxylation sites is 1. The summed E-state index contributed by atoms with van der Waals surface area (Å²) in [5.74, 6) is 1.17. The first-order chi connectivity index (χ1) is 15.9. The molecule has 33 heavy (non-hydrogen) atoms. The normalized spacial score (nSPS) is 11.2. The minimum atomic E-state index is -0.148. The van der Waals surface area contributed by atoms with Gasteiger partial charge in [0.15, 0.2) is 5.96 Å². The summed E-state index contributed by atoms with van der Waals surface area (Å²) in [6.45, 7) is 9.34. The molecule has 0 spiro atoms. The average Bonchev–Trinajstić information content (AvgIpc) is 3.13. The van der Waals surface area contributed by atoms with Gasteiger partial charge in [-0.15, -0.1) is 0 Å². The number of carbonyl (C=O) groups is 1. The van der Waals surface area contributed by atoms with Crippen LogP contribution in [0.5, 0.6) is 5.75 Å². The van der Waals surface area contributed by atoms with Gasteiger partial charge in [-0.2, -0.15) is 5.10 Å². The van der Waals surface area contributed by atoms with Crippen molar-refractivity contribution in [2.75, 3.05) is 19.0 Å². The Morgan fingerprint density at radius 1 is 1.12 bits per heavy atom. The standard InChI is InChI=1S/C25H32N6O2/c1-6-26-25(27-15-20-11-12-24(33-5)22(14-20)29-19(4)32)28-16-21-9-7-8-10-23(21)31-18(3)13-17(2)30-31/h7-14H,6,15-16H2,1-5H3,(H,29,32)(H2,26,27,28). The van der Waals surface area contributed by atoms with Crippen LogP contribution in [0.25, 0.3) is 5.69 Å². The number of nitrogens with one attached hydrogen (secondary N) is 3. The number of aliphatic imine (C=N–C) groups is 1.